The lowest BCUT2D eigenvalue weighted by atomic mass is 9.96. The second kappa shape index (κ2) is 13.8. The van der Waals surface area contributed by atoms with Crippen LogP contribution in [0.1, 0.15) is 37.4 Å². The third-order valence-corrected chi connectivity index (χ3v) is 9.31. The van der Waals surface area contributed by atoms with Crippen LogP contribution in [0.3, 0.4) is 0 Å². The van der Waals surface area contributed by atoms with E-state index in [1.54, 1.807) is 48.7 Å². The van der Waals surface area contributed by atoms with E-state index in [9.17, 15) is 19.2 Å². The molecule has 6 rings (SSSR count). The Balaban J connectivity index is 1.37. The quantitative estimate of drug-likeness (QED) is 0.230. The number of benzene rings is 4. The molecule has 3 unspecified atom stereocenters. The number of aromatic nitrogens is 1. The number of pyridine rings is 1. The largest absolute Gasteiger partial charge is 0.368 e. The first-order valence-electron chi connectivity index (χ1n) is 15.9. The summed E-state index contributed by atoms with van der Waals surface area (Å²) in [5.41, 5.74) is 8.71. The van der Waals surface area contributed by atoms with E-state index >= 15 is 0 Å². The molecule has 3 atom stereocenters. The van der Waals surface area contributed by atoms with Gasteiger partial charge in [-0.05, 0) is 71.6 Å². The maximum Gasteiger partial charge on any atom is 0.250 e. The van der Waals surface area contributed by atoms with Crippen molar-refractivity contribution in [3.63, 3.8) is 0 Å². The van der Waals surface area contributed by atoms with E-state index in [1.165, 1.54) is 21.6 Å². The van der Waals surface area contributed by atoms with Crippen LogP contribution in [0.2, 0.25) is 5.02 Å². The highest BCUT2D eigenvalue weighted by molar-refractivity contribution is 6.30. The molecule has 1 aliphatic rings. The van der Waals surface area contributed by atoms with E-state index < -0.39 is 35.8 Å². The minimum Gasteiger partial charge on any atom is -0.368 e. The zero-order valence-corrected chi connectivity index (χ0v) is 27.5. The van der Waals surface area contributed by atoms with Crippen molar-refractivity contribution in [1.29, 1.82) is 0 Å². The predicted molar refractivity (Wildman–Crippen MR) is 187 cm³/mol. The first-order valence-corrected chi connectivity index (χ1v) is 16.3. The number of amides is 4. The van der Waals surface area contributed by atoms with Crippen molar-refractivity contribution in [3.8, 4) is 0 Å². The summed E-state index contributed by atoms with van der Waals surface area (Å²) in [5, 5.41) is 3.20. The van der Waals surface area contributed by atoms with Gasteiger partial charge in [0.25, 0.3) is 5.91 Å². The fourth-order valence-corrected chi connectivity index (χ4v) is 6.86. The summed E-state index contributed by atoms with van der Waals surface area (Å²) in [7, 11) is 0. The van der Waals surface area contributed by atoms with Crippen molar-refractivity contribution < 1.29 is 19.2 Å². The Morgan fingerprint density at radius 3 is 2.48 bits per heavy atom. The highest BCUT2D eigenvalue weighted by Crippen LogP contribution is 2.34. The lowest BCUT2D eigenvalue weighted by Crippen LogP contribution is -2.53. The number of carbonyl (C=O) groups excluding carboxylic acids is 4. The van der Waals surface area contributed by atoms with Gasteiger partial charge in [-0.25, -0.2) is 0 Å². The van der Waals surface area contributed by atoms with Gasteiger partial charge in [0, 0.05) is 48.2 Å². The average Bonchev–Trinajstić information content (AvgIpc) is 3.20. The Hall–Kier alpha value is -5.28. The topological polar surface area (TPSA) is 117 Å². The highest BCUT2D eigenvalue weighted by atomic mass is 35.5. The first kappa shape index (κ1) is 32.7. The molecule has 48 heavy (non-hydrogen) atoms. The number of hydrogen-bond acceptors (Lipinski definition) is 5. The Morgan fingerprint density at radius 1 is 0.958 bits per heavy atom. The van der Waals surface area contributed by atoms with E-state index in [0.29, 0.717) is 22.7 Å². The molecule has 10 heteroatoms. The molecule has 2 heterocycles. The lowest BCUT2D eigenvalue weighted by molar-refractivity contribution is -0.148. The molecule has 5 aromatic rings. The summed E-state index contributed by atoms with van der Waals surface area (Å²) in [5.74, 6) is -1.83. The lowest BCUT2D eigenvalue weighted by Gasteiger charge is -2.37. The highest BCUT2D eigenvalue weighted by Gasteiger charge is 2.43. The molecule has 4 amide bonds. The fourth-order valence-electron chi connectivity index (χ4n) is 6.66. The van der Waals surface area contributed by atoms with Gasteiger partial charge < -0.3 is 20.4 Å². The van der Waals surface area contributed by atoms with E-state index in [1.807, 2.05) is 61.5 Å². The molecule has 2 N–H and O–H groups in total. The maximum absolute atomic E-state index is 14.7. The van der Waals surface area contributed by atoms with Crippen LogP contribution < -0.4 is 10.6 Å². The van der Waals surface area contributed by atoms with E-state index in [2.05, 4.69) is 4.98 Å². The Labute approximate surface area is 283 Å². The maximum atomic E-state index is 14.7. The number of nitrogens with zero attached hydrogens (tertiary/aromatic N) is 4. The van der Waals surface area contributed by atoms with E-state index in [0.717, 1.165) is 27.2 Å². The van der Waals surface area contributed by atoms with E-state index in [4.69, 9.17) is 17.3 Å². The Morgan fingerprint density at radius 2 is 1.71 bits per heavy atom. The zero-order chi connectivity index (χ0) is 33.9. The normalized spacial score (nSPS) is 17.3. The minimum absolute atomic E-state index is 0.202. The molecule has 1 fully saturated rings. The van der Waals surface area contributed by atoms with Gasteiger partial charge in [0.1, 0.15) is 18.6 Å². The van der Waals surface area contributed by atoms with Crippen LogP contribution in [-0.4, -0.2) is 63.6 Å². The molecule has 0 radical (unpaired) electrons. The van der Waals surface area contributed by atoms with Crippen LogP contribution in [-0.2, 0) is 25.6 Å². The number of rotatable bonds is 8. The number of hydrogen-bond donors (Lipinski definition) is 1. The second-order valence-corrected chi connectivity index (χ2v) is 12.6. The summed E-state index contributed by atoms with van der Waals surface area (Å²) >= 11 is 6.42. The molecule has 244 valence electrons. The Kier molecular flexibility index (Phi) is 9.41. The number of carbonyl (C=O) groups is 4. The first-order chi connectivity index (χ1) is 23.1. The third kappa shape index (κ3) is 6.59. The SMILES string of the molecule is CC(=O)N(CC(=O)N1C(C)CCN(C(Cc2cccc3ccccc23)C(N)=O)C(=O)C1c1cccc(Cl)c1)c1ccc2ncccc2c1. The summed E-state index contributed by atoms with van der Waals surface area (Å²) in [4.78, 5) is 64.1. The molecule has 0 bridgehead atoms. The minimum atomic E-state index is -1.11. The van der Waals surface area contributed by atoms with Gasteiger partial charge in [-0.3, -0.25) is 24.2 Å². The molecule has 4 aromatic carbocycles. The smallest absolute Gasteiger partial charge is 0.250 e. The van der Waals surface area contributed by atoms with Crippen molar-refractivity contribution in [2.75, 3.05) is 18.0 Å². The molecule has 1 aliphatic heterocycles. The number of nitrogens with two attached hydrogens (primary N) is 1. The third-order valence-electron chi connectivity index (χ3n) is 9.08. The molecule has 1 aromatic heterocycles. The molecule has 0 aliphatic carbocycles. The Bertz CT molecular complexity index is 2030. The summed E-state index contributed by atoms with van der Waals surface area (Å²) in [6, 6.07) is 27.1. The van der Waals surface area contributed by atoms with Crippen molar-refractivity contribution in [2.45, 2.75) is 44.8 Å². The number of primary amides is 1. The number of halogens is 1. The van der Waals surface area contributed by atoms with Gasteiger partial charge in [0.15, 0.2) is 0 Å². The number of anilines is 1. The van der Waals surface area contributed by atoms with Crippen molar-refractivity contribution in [2.24, 2.45) is 5.73 Å². The van der Waals surface area contributed by atoms with E-state index in [-0.39, 0.29) is 25.4 Å². The average molecular weight is 662 g/mol. The van der Waals surface area contributed by atoms with Gasteiger partial charge >= 0.3 is 0 Å². The summed E-state index contributed by atoms with van der Waals surface area (Å²) < 4.78 is 0. The van der Waals surface area contributed by atoms with Crippen LogP contribution in [0, 0.1) is 0 Å². The molecular formula is C38H36ClN5O4. The standard InChI is InChI=1S/C38H36ClN5O4/c1-24-17-19-42(34(37(40)47)22-27-10-5-9-26-8-3-4-14-32(26)27)38(48)36(29-11-6-13-30(39)20-29)44(24)35(46)23-43(25(2)45)31-15-16-33-28(21-31)12-7-18-41-33/h3-16,18,20-21,24,34,36H,17,19,22-23H2,1-2H3,(H2,40,47). The van der Waals surface area contributed by atoms with Gasteiger partial charge in [0.05, 0.1) is 5.52 Å². The van der Waals surface area contributed by atoms with Gasteiger partial charge in [-0.1, -0.05) is 72.3 Å². The fraction of sp³-hybridized carbons (Fsp3) is 0.237. The molecular weight excluding hydrogens is 626 g/mol. The molecule has 1 saturated heterocycles. The predicted octanol–water partition coefficient (Wildman–Crippen LogP) is 5.68. The number of fused-ring (bicyclic) bond motifs is 2. The van der Waals surface area contributed by atoms with Crippen LogP contribution in [0.25, 0.3) is 21.7 Å². The van der Waals surface area contributed by atoms with Crippen molar-refractivity contribution in [1.82, 2.24) is 14.8 Å². The second-order valence-electron chi connectivity index (χ2n) is 12.2. The summed E-state index contributed by atoms with van der Waals surface area (Å²) in [6.45, 7) is 3.17. The van der Waals surface area contributed by atoms with Gasteiger partial charge in [-0.2, -0.15) is 0 Å². The van der Waals surface area contributed by atoms with Crippen molar-refractivity contribution >= 4 is 62.6 Å². The summed E-state index contributed by atoms with van der Waals surface area (Å²) in [6.07, 6.45) is 2.29. The molecule has 0 saturated carbocycles. The monoisotopic (exact) mass is 661 g/mol. The molecule has 9 nitrogen and oxygen atoms in total. The van der Waals surface area contributed by atoms with Crippen LogP contribution in [0.5, 0.6) is 0 Å². The van der Waals surface area contributed by atoms with Crippen LogP contribution >= 0.6 is 11.6 Å². The molecule has 0 spiro atoms. The van der Waals surface area contributed by atoms with Crippen molar-refractivity contribution in [3.05, 3.63) is 119 Å². The van der Waals surface area contributed by atoms with Crippen LogP contribution in [0.15, 0.2) is 103 Å². The zero-order valence-electron chi connectivity index (χ0n) is 26.8. The van der Waals surface area contributed by atoms with Crippen LogP contribution in [0.4, 0.5) is 5.69 Å². The van der Waals surface area contributed by atoms with Gasteiger partial charge in [-0.15, -0.1) is 0 Å². The van der Waals surface area contributed by atoms with Gasteiger partial charge in [0.2, 0.25) is 17.7 Å².